The van der Waals surface area contributed by atoms with Crippen LogP contribution in [0.15, 0.2) is 5.10 Å². The van der Waals surface area contributed by atoms with E-state index < -0.39 is 0 Å². The van der Waals surface area contributed by atoms with Gasteiger partial charge < -0.3 is 0 Å². The normalized spacial score (nSPS) is 19.4. The topological polar surface area (TPSA) is 41.5 Å². The zero-order chi connectivity index (χ0) is 15.7. The smallest absolute Gasteiger partial charge is 0.240 e. The van der Waals surface area contributed by atoms with Crippen molar-refractivity contribution < 1.29 is 4.79 Å². The van der Waals surface area contributed by atoms with Crippen molar-refractivity contribution in [2.45, 2.75) is 91.9 Å². The van der Waals surface area contributed by atoms with E-state index in [4.69, 9.17) is 0 Å². The Morgan fingerprint density at radius 3 is 2.33 bits per heavy atom. The largest absolute Gasteiger partial charge is 0.273 e. The third-order valence-corrected chi connectivity index (χ3v) is 4.63. The van der Waals surface area contributed by atoms with Gasteiger partial charge in [0.2, 0.25) is 5.91 Å². The van der Waals surface area contributed by atoms with Crippen molar-refractivity contribution in [1.29, 1.82) is 0 Å². The first-order valence-corrected chi connectivity index (χ1v) is 8.77. The summed E-state index contributed by atoms with van der Waals surface area (Å²) >= 11 is 0. The number of carbonyl (C=O) groups excluding carboxylic acids is 1. The SMILES string of the molecule is CCCCCCCC(=O)NN=C1CCC(C(C)(C)C)CC1. The van der Waals surface area contributed by atoms with Gasteiger partial charge in [-0.05, 0) is 43.4 Å². The molecular weight excluding hydrogens is 260 g/mol. The molecule has 0 bridgehead atoms. The summed E-state index contributed by atoms with van der Waals surface area (Å²) in [6.45, 7) is 9.16. The Bertz CT molecular complexity index is 332. The fourth-order valence-electron chi connectivity index (χ4n) is 3.02. The van der Waals surface area contributed by atoms with Crippen LogP contribution in [0.25, 0.3) is 0 Å². The molecule has 122 valence electrons. The van der Waals surface area contributed by atoms with Crippen LogP contribution in [0.3, 0.4) is 0 Å². The number of nitrogens with zero attached hydrogens (tertiary/aromatic N) is 1. The van der Waals surface area contributed by atoms with Crippen molar-refractivity contribution >= 4 is 11.6 Å². The highest BCUT2D eigenvalue weighted by Crippen LogP contribution is 2.36. The summed E-state index contributed by atoms with van der Waals surface area (Å²) in [5.74, 6) is 0.864. The van der Waals surface area contributed by atoms with Crippen molar-refractivity contribution in [3.63, 3.8) is 0 Å². The lowest BCUT2D eigenvalue weighted by molar-refractivity contribution is -0.121. The minimum absolute atomic E-state index is 0.0805. The molecule has 1 amide bonds. The van der Waals surface area contributed by atoms with Gasteiger partial charge in [0.05, 0.1) is 0 Å². The quantitative estimate of drug-likeness (QED) is 0.518. The van der Waals surface area contributed by atoms with E-state index in [1.54, 1.807) is 0 Å². The molecule has 1 fully saturated rings. The van der Waals surface area contributed by atoms with Crippen molar-refractivity contribution in [2.24, 2.45) is 16.4 Å². The second-order valence-electron chi connectivity index (χ2n) is 7.52. The number of rotatable bonds is 7. The van der Waals surface area contributed by atoms with Crippen molar-refractivity contribution in [1.82, 2.24) is 5.43 Å². The number of amides is 1. The maximum atomic E-state index is 11.7. The number of carbonyl (C=O) groups is 1. The van der Waals surface area contributed by atoms with Gasteiger partial charge in [0, 0.05) is 12.1 Å². The predicted molar refractivity (Wildman–Crippen MR) is 90.4 cm³/mol. The molecule has 0 saturated heterocycles. The van der Waals surface area contributed by atoms with E-state index in [2.05, 4.69) is 38.2 Å². The Morgan fingerprint density at radius 2 is 1.76 bits per heavy atom. The predicted octanol–water partition coefficient (Wildman–Crippen LogP) is 5.06. The Hall–Kier alpha value is -0.860. The average molecular weight is 294 g/mol. The van der Waals surface area contributed by atoms with E-state index >= 15 is 0 Å². The Kier molecular flexibility index (Phi) is 7.98. The van der Waals surface area contributed by atoms with Crippen LogP contribution >= 0.6 is 0 Å². The second kappa shape index (κ2) is 9.22. The lowest BCUT2D eigenvalue weighted by atomic mass is 9.72. The van der Waals surface area contributed by atoms with Gasteiger partial charge in [0.25, 0.3) is 0 Å². The van der Waals surface area contributed by atoms with Gasteiger partial charge in [0.1, 0.15) is 0 Å². The van der Waals surface area contributed by atoms with Crippen LogP contribution in [0.5, 0.6) is 0 Å². The summed E-state index contributed by atoms with van der Waals surface area (Å²) in [7, 11) is 0. The zero-order valence-electron chi connectivity index (χ0n) is 14.5. The molecule has 0 aromatic carbocycles. The van der Waals surface area contributed by atoms with E-state index in [9.17, 15) is 4.79 Å². The van der Waals surface area contributed by atoms with Crippen LogP contribution in [-0.2, 0) is 4.79 Å². The van der Waals surface area contributed by atoms with Crippen molar-refractivity contribution in [3.8, 4) is 0 Å². The van der Waals surface area contributed by atoms with E-state index in [1.807, 2.05) is 0 Å². The third kappa shape index (κ3) is 7.63. The summed E-state index contributed by atoms with van der Waals surface area (Å²) in [4.78, 5) is 11.7. The standard InChI is InChI=1S/C18H34N2O/c1-5-6-7-8-9-10-17(21)20-19-16-13-11-15(12-14-16)18(2,3)4/h15H,5-14H2,1-4H3,(H,20,21). The molecule has 1 saturated carbocycles. The highest BCUT2D eigenvalue weighted by Gasteiger charge is 2.28. The summed E-state index contributed by atoms with van der Waals surface area (Å²) in [5.41, 5.74) is 4.32. The first-order valence-electron chi connectivity index (χ1n) is 8.77. The maximum Gasteiger partial charge on any atom is 0.240 e. The molecule has 1 rings (SSSR count). The molecule has 3 nitrogen and oxygen atoms in total. The molecule has 1 aliphatic carbocycles. The summed E-state index contributed by atoms with van der Waals surface area (Å²) in [6.07, 6.45) is 11.0. The zero-order valence-corrected chi connectivity index (χ0v) is 14.5. The van der Waals surface area contributed by atoms with Gasteiger partial charge in [-0.3, -0.25) is 4.79 Å². The molecule has 1 aliphatic rings. The van der Waals surface area contributed by atoms with Crippen LogP contribution in [0.2, 0.25) is 0 Å². The number of nitrogens with one attached hydrogen (secondary N) is 1. The maximum absolute atomic E-state index is 11.7. The molecule has 0 radical (unpaired) electrons. The second-order valence-corrected chi connectivity index (χ2v) is 7.52. The minimum Gasteiger partial charge on any atom is -0.273 e. The van der Waals surface area contributed by atoms with E-state index in [0.717, 1.165) is 31.6 Å². The third-order valence-electron chi connectivity index (χ3n) is 4.63. The highest BCUT2D eigenvalue weighted by atomic mass is 16.2. The Morgan fingerprint density at radius 1 is 1.14 bits per heavy atom. The Labute approximate surface area is 131 Å². The number of hydrogen-bond acceptors (Lipinski definition) is 2. The van der Waals surface area contributed by atoms with Crippen molar-refractivity contribution in [3.05, 3.63) is 0 Å². The van der Waals surface area contributed by atoms with E-state index in [1.165, 1.54) is 37.8 Å². The van der Waals surface area contributed by atoms with Gasteiger partial charge in [-0.1, -0.05) is 53.4 Å². The van der Waals surface area contributed by atoms with Crippen molar-refractivity contribution in [2.75, 3.05) is 0 Å². The Balaban J connectivity index is 2.18. The van der Waals surface area contributed by atoms with Gasteiger partial charge in [0.15, 0.2) is 0 Å². The molecule has 0 aromatic heterocycles. The summed E-state index contributed by atoms with van der Waals surface area (Å²) in [6, 6.07) is 0. The molecular formula is C18H34N2O. The van der Waals surface area contributed by atoms with Crippen LogP contribution in [0.4, 0.5) is 0 Å². The van der Waals surface area contributed by atoms with Gasteiger partial charge in [-0.25, -0.2) is 5.43 Å². The molecule has 0 aliphatic heterocycles. The van der Waals surface area contributed by atoms with Crippen LogP contribution in [0.1, 0.15) is 91.9 Å². The van der Waals surface area contributed by atoms with E-state index in [0.29, 0.717) is 11.8 Å². The number of unbranched alkanes of at least 4 members (excludes halogenated alkanes) is 4. The molecule has 0 atom stereocenters. The monoisotopic (exact) mass is 294 g/mol. The summed E-state index contributed by atoms with van der Waals surface area (Å²) in [5, 5.41) is 4.33. The highest BCUT2D eigenvalue weighted by molar-refractivity contribution is 5.86. The molecule has 3 heteroatoms. The van der Waals surface area contributed by atoms with Gasteiger partial charge in [-0.15, -0.1) is 0 Å². The molecule has 0 aromatic rings. The fraction of sp³-hybridized carbons (Fsp3) is 0.889. The number of hydrazone groups is 1. The van der Waals surface area contributed by atoms with Crippen LogP contribution in [0, 0.1) is 11.3 Å². The molecule has 21 heavy (non-hydrogen) atoms. The minimum atomic E-state index is 0.0805. The van der Waals surface area contributed by atoms with Crippen LogP contribution < -0.4 is 5.43 Å². The van der Waals surface area contributed by atoms with E-state index in [-0.39, 0.29) is 5.91 Å². The lowest BCUT2D eigenvalue weighted by Crippen LogP contribution is -2.27. The van der Waals surface area contributed by atoms with Gasteiger partial charge in [-0.2, -0.15) is 5.10 Å². The molecule has 0 unspecified atom stereocenters. The van der Waals surface area contributed by atoms with Gasteiger partial charge >= 0.3 is 0 Å². The fourth-order valence-corrected chi connectivity index (χ4v) is 3.02. The molecule has 1 N–H and O–H groups in total. The average Bonchev–Trinajstić information content (AvgIpc) is 2.44. The first-order chi connectivity index (χ1) is 9.93. The lowest BCUT2D eigenvalue weighted by Gasteiger charge is -2.34. The molecule has 0 heterocycles. The molecule has 0 spiro atoms. The first kappa shape index (κ1) is 18.2. The summed E-state index contributed by atoms with van der Waals surface area (Å²) < 4.78 is 0. The number of hydrogen-bond donors (Lipinski definition) is 1. The van der Waals surface area contributed by atoms with Crippen LogP contribution in [-0.4, -0.2) is 11.6 Å².